The van der Waals surface area contributed by atoms with Crippen molar-refractivity contribution in [3.8, 4) is 0 Å². The molecule has 5 rings (SSSR count). The van der Waals surface area contributed by atoms with Crippen molar-refractivity contribution in [1.29, 1.82) is 0 Å². The third kappa shape index (κ3) is 3.37. The maximum absolute atomic E-state index is 13.0. The SMILES string of the molecule is CS(=O)(=O)N1CCc2cc(C(=O)CN3CC4CC(C3)c3cccc(=O)n3C4)ccc21. The van der Waals surface area contributed by atoms with Gasteiger partial charge in [-0.05, 0) is 48.6 Å². The highest BCUT2D eigenvalue weighted by Gasteiger charge is 2.35. The molecule has 1 aromatic carbocycles. The second kappa shape index (κ2) is 7.06. The predicted molar refractivity (Wildman–Crippen MR) is 115 cm³/mol. The van der Waals surface area contributed by atoms with Crippen LogP contribution in [0.3, 0.4) is 0 Å². The summed E-state index contributed by atoms with van der Waals surface area (Å²) in [7, 11) is -3.29. The molecular weight excluding hydrogens is 402 g/mol. The minimum Gasteiger partial charge on any atom is -0.312 e. The van der Waals surface area contributed by atoms with Gasteiger partial charge in [0.05, 0.1) is 18.5 Å². The van der Waals surface area contributed by atoms with Gasteiger partial charge in [0.1, 0.15) is 0 Å². The topological polar surface area (TPSA) is 79.7 Å². The Hall–Kier alpha value is -2.45. The largest absolute Gasteiger partial charge is 0.312 e. The molecule has 158 valence electrons. The minimum absolute atomic E-state index is 0.0565. The Balaban J connectivity index is 1.32. The number of hydrogen-bond acceptors (Lipinski definition) is 5. The number of aromatic nitrogens is 1. The normalized spacial score (nSPS) is 23.2. The van der Waals surface area contributed by atoms with Crippen LogP contribution in [0.15, 0.2) is 41.2 Å². The van der Waals surface area contributed by atoms with Crippen molar-refractivity contribution in [2.24, 2.45) is 5.92 Å². The summed E-state index contributed by atoms with van der Waals surface area (Å²) < 4.78 is 27.1. The summed E-state index contributed by atoms with van der Waals surface area (Å²) in [6.45, 7) is 3.09. The van der Waals surface area contributed by atoms with Crippen LogP contribution in [-0.4, -0.2) is 56.1 Å². The molecule has 0 amide bonds. The molecule has 3 aliphatic heterocycles. The van der Waals surface area contributed by atoms with Gasteiger partial charge in [-0.2, -0.15) is 0 Å². The first kappa shape index (κ1) is 19.5. The predicted octanol–water partition coefficient (Wildman–Crippen LogP) is 1.47. The number of carbonyl (C=O) groups is 1. The number of hydrogen-bond donors (Lipinski definition) is 0. The Morgan fingerprint density at radius 3 is 2.77 bits per heavy atom. The Kier molecular flexibility index (Phi) is 4.59. The maximum Gasteiger partial charge on any atom is 0.250 e. The third-order valence-electron chi connectivity index (χ3n) is 6.58. The Morgan fingerprint density at radius 2 is 1.97 bits per heavy atom. The van der Waals surface area contributed by atoms with E-state index in [0.717, 1.165) is 37.3 Å². The summed E-state index contributed by atoms with van der Waals surface area (Å²) >= 11 is 0. The van der Waals surface area contributed by atoms with Crippen molar-refractivity contribution < 1.29 is 13.2 Å². The molecule has 8 heteroatoms. The highest BCUT2D eigenvalue weighted by Crippen LogP contribution is 2.35. The number of sulfonamides is 1. The molecule has 3 aliphatic rings. The van der Waals surface area contributed by atoms with E-state index in [9.17, 15) is 18.0 Å². The van der Waals surface area contributed by atoms with Crippen molar-refractivity contribution in [3.63, 3.8) is 0 Å². The molecule has 0 saturated carbocycles. The van der Waals surface area contributed by atoms with Crippen LogP contribution in [0.1, 0.15) is 34.0 Å². The molecule has 0 spiro atoms. The van der Waals surface area contributed by atoms with E-state index in [1.165, 1.54) is 10.6 Å². The second-order valence-electron chi connectivity index (χ2n) is 8.74. The molecule has 2 atom stereocenters. The second-order valence-corrected chi connectivity index (χ2v) is 10.7. The molecule has 4 heterocycles. The van der Waals surface area contributed by atoms with E-state index in [0.29, 0.717) is 36.7 Å². The van der Waals surface area contributed by atoms with Crippen molar-refractivity contribution in [2.75, 3.05) is 36.7 Å². The van der Waals surface area contributed by atoms with Gasteiger partial charge in [-0.3, -0.25) is 18.8 Å². The average Bonchev–Trinajstić information content (AvgIpc) is 3.12. The van der Waals surface area contributed by atoms with Crippen molar-refractivity contribution in [3.05, 3.63) is 63.6 Å². The quantitative estimate of drug-likeness (QED) is 0.691. The molecule has 7 nitrogen and oxygen atoms in total. The minimum atomic E-state index is -3.29. The van der Waals surface area contributed by atoms with E-state index in [1.54, 1.807) is 18.2 Å². The number of likely N-dealkylation sites (tertiary alicyclic amines) is 1. The number of pyridine rings is 1. The molecule has 1 aromatic heterocycles. The molecule has 30 heavy (non-hydrogen) atoms. The smallest absolute Gasteiger partial charge is 0.250 e. The van der Waals surface area contributed by atoms with Crippen LogP contribution in [0.5, 0.6) is 0 Å². The first-order chi connectivity index (χ1) is 14.3. The Bertz CT molecular complexity index is 1190. The van der Waals surface area contributed by atoms with E-state index in [-0.39, 0.29) is 17.3 Å². The molecule has 0 aliphatic carbocycles. The summed E-state index contributed by atoms with van der Waals surface area (Å²) in [5, 5.41) is 0. The first-order valence-electron chi connectivity index (χ1n) is 10.4. The fourth-order valence-corrected chi connectivity index (χ4v) is 6.27. The highest BCUT2D eigenvalue weighted by molar-refractivity contribution is 7.92. The van der Waals surface area contributed by atoms with Gasteiger partial charge < -0.3 is 4.57 Å². The Labute approximate surface area is 176 Å². The monoisotopic (exact) mass is 427 g/mol. The van der Waals surface area contributed by atoms with Crippen LogP contribution in [0.4, 0.5) is 5.69 Å². The van der Waals surface area contributed by atoms with Gasteiger partial charge in [0.25, 0.3) is 5.56 Å². The van der Waals surface area contributed by atoms with Gasteiger partial charge in [-0.1, -0.05) is 6.07 Å². The lowest BCUT2D eigenvalue weighted by molar-refractivity contribution is 0.0817. The number of carbonyl (C=O) groups excluding carboxylic acids is 1. The number of nitrogens with zero attached hydrogens (tertiary/aromatic N) is 3. The number of piperidine rings is 1. The first-order valence-corrected chi connectivity index (χ1v) is 12.2. The number of anilines is 1. The van der Waals surface area contributed by atoms with Crippen LogP contribution < -0.4 is 9.86 Å². The molecule has 1 fully saturated rings. The van der Waals surface area contributed by atoms with Gasteiger partial charge in [0.2, 0.25) is 10.0 Å². The lowest BCUT2D eigenvalue weighted by atomic mass is 9.83. The molecule has 2 unspecified atom stereocenters. The zero-order valence-corrected chi connectivity index (χ0v) is 17.8. The van der Waals surface area contributed by atoms with E-state index in [1.807, 2.05) is 22.8 Å². The van der Waals surface area contributed by atoms with Gasteiger partial charge >= 0.3 is 0 Å². The molecule has 0 N–H and O–H groups in total. The summed E-state index contributed by atoms with van der Waals surface area (Å²) in [6, 6.07) is 10.8. The van der Waals surface area contributed by atoms with E-state index in [4.69, 9.17) is 0 Å². The molecule has 2 aromatic rings. The molecule has 0 radical (unpaired) electrons. The van der Waals surface area contributed by atoms with Crippen molar-refractivity contribution >= 4 is 21.5 Å². The number of rotatable bonds is 4. The highest BCUT2D eigenvalue weighted by atomic mass is 32.2. The molecule has 1 saturated heterocycles. The van der Waals surface area contributed by atoms with E-state index < -0.39 is 10.0 Å². The van der Waals surface area contributed by atoms with Crippen molar-refractivity contribution in [1.82, 2.24) is 9.47 Å². The zero-order valence-electron chi connectivity index (χ0n) is 17.0. The number of ketones is 1. The third-order valence-corrected chi connectivity index (χ3v) is 7.76. The summed E-state index contributed by atoms with van der Waals surface area (Å²) in [6.07, 6.45) is 2.90. The fraction of sp³-hybridized carbons (Fsp3) is 0.455. The van der Waals surface area contributed by atoms with Crippen LogP contribution in [0.25, 0.3) is 0 Å². The number of Topliss-reactive ketones (excluding diaryl/α,β-unsaturated/α-hetero) is 1. The number of fused-ring (bicyclic) bond motifs is 5. The molecular formula is C22H25N3O4S. The van der Waals surface area contributed by atoms with Crippen LogP contribution in [0.2, 0.25) is 0 Å². The Morgan fingerprint density at radius 1 is 1.13 bits per heavy atom. The van der Waals surface area contributed by atoms with Crippen LogP contribution in [-0.2, 0) is 23.0 Å². The number of benzene rings is 1. The van der Waals surface area contributed by atoms with Gasteiger partial charge in [0.15, 0.2) is 5.78 Å². The lowest BCUT2D eigenvalue weighted by Gasteiger charge is -2.42. The fourth-order valence-electron chi connectivity index (χ4n) is 5.31. The van der Waals surface area contributed by atoms with Gasteiger partial charge in [-0.25, -0.2) is 8.42 Å². The summed E-state index contributed by atoms with van der Waals surface area (Å²) in [4.78, 5) is 27.4. The molecule has 2 bridgehead atoms. The van der Waals surface area contributed by atoms with Crippen LogP contribution >= 0.6 is 0 Å². The lowest BCUT2D eigenvalue weighted by Crippen LogP contribution is -2.48. The van der Waals surface area contributed by atoms with Crippen molar-refractivity contribution in [2.45, 2.75) is 25.3 Å². The van der Waals surface area contributed by atoms with Gasteiger partial charge in [-0.15, -0.1) is 0 Å². The van der Waals surface area contributed by atoms with E-state index >= 15 is 0 Å². The zero-order chi connectivity index (χ0) is 21.0. The summed E-state index contributed by atoms with van der Waals surface area (Å²) in [5.41, 5.74) is 3.37. The summed E-state index contributed by atoms with van der Waals surface area (Å²) in [5.74, 6) is 0.719. The maximum atomic E-state index is 13.0. The average molecular weight is 428 g/mol. The van der Waals surface area contributed by atoms with Crippen LogP contribution in [0, 0.1) is 5.92 Å². The standard InChI is InChI=1S/C22H25N3O4S/c1-30(28,29)25-8-7-16-10-17(5-6-20(16)25)21(26)14-23-11-15-9-18(13-23)19-3-2-4-22(27)24(19)12-15/h2-6,10,15,18H,7-9,11-14H2,1H3. The van der Waals surface area contributed by atoms with Gasteiger partial charge in [0, 0.05) is 49.4 Å². The van der Waals surface area contributed by atoms with E-state index in [2.05, 4.69) is 4.90 Å².